The monoisotopic (exact) mass is 302 g/mol. The molecule has 0 saturated heterocycles. The Morgan fingerprint density at radius 3 is 2.73 bits per heavy atom. The summed E-state index contributed by atoms with van der Waals surface area (Å²) in [5.74, 6) is 0.416. The van der Waals surface area contributed by atoms with Crippen LogP contribution >= 0.6 is 0 Å². The molecule has 1 N–H and O–H groups in total. The number of anilines is 1. The minimum atomic E-state index is -0.908. The predicted octanol–water partition coefficient (Wildman–Crippen LogP) is 3.69. The number of nitrogens with zero attached hydrogens (tertiary/aromatic N) is 1. The summed E-state index contributed by atoms with van der Waals surface area (Å²) in [7, 11) is 0. The zero-order valence-corrected chi connectivity index (χ0v) is 12.4. The Labute approximate surface area is 127 Å². The quantitative estimate of drug-likeness (QED) is 0.531. The van der Waals surface area contributed by atoms with E-state index < -0.39 is 16.2 Å². The van der Waals surface area contributed by atoms with Crippen LogP contribution in [0.2, 0.25) is 0 Å². The highest BCUT2D eigenvalue weighted by Crippen LogP contribution is 2.34. The number of benzene rings is 1. The average Bonchev–Trinajstić information content (AvgIpc) is 2.49. The lowest BCUT2D eigenvalue weighted by molar-refractivity contribution is -0.386. The van der Waals surface area contributed by atoms with Crippen LogP contribution < -0.4 is 10.9 Å². The van der Waals surface area contributed by atoms with Crippen molar-refractivity contribution >= 4 is 22.3 Å². The Bertz CT molecular complexity index is 768. The fourth-order valence-electron chi connectivity index (χ4n) is 3.17. The molecule has 3 rings (SSSR count). The van der Waals surface area contributed by atoms with Gasteiger partial charge in [-0.2, -0.15) is 0 Å². The third-order valence-corrected chi connectivity index (χ3v) is 4.41. The van der Waals surface area contributed by atoms with E-state index in [4.69, 9.17) is 4.42 Å². The van der Waals surface area contributed by atoms with Crippen molar-refractivity contribution in [2.45, 2.75) is 38.6 Å². The SMILES string of the molecule is CC1CCCCC1Nc1c([N+](=O)[O-])c(=O)oc2ccccc12. The lowest BCUT2D eigenvalue weighted by Gasteiger charge is -2.30. The molecular formula is C16H18N2O4. The van der Waals surface area contributed by atoms with Gasteiger partial charge in [0.15, 0.2) is 0 Å². The average molecular weight is 302 g/mol. The Morgan fingerprint density at radius 1 is 1.27 bits per heavy atom. The van der Waals surface area contributed by atoms with Crippen LogP contribution in [0.15, 0.2) is 33.5 Å². The van der Waals surface area contributed by atoms with Gasteiger partial charge < -0.3 is 9.73 Å². The maximum Gasteiger partial charge on any atom is 0.417 e. The molecule has 2 atom stereocenters. The predicted molar refractivity (Wildman–Crippen MR) is 84.2 cm³/mol. The highest BCUT2D eigenvalue weighted by atomic mass is 16.6. The second kappa shape index (κ2) is 5.79. The van der Waals surface area contributed by atoms with Gasteiger partial charge in [0.1, 0.15) is 11.3 Å². The number of hydrogen-bond acceptors (Lipinski definition) is 5. The van der Waals surface area contributed by atoms with Gasteiger partial charge in [-0.15, -0.1) is 0 Å². The lowest BCUT2D eigenvalue weighted by Crippen LogP contribution is -2.31. The molecule has 1 aromatic heterocycles. The summed E-state index contributed by atoms with van der Waals surface area (Å²) in [6, 6.07) is 7.04. The van der Waals surface area contributed by atoms with E-state index in [1.165, 1.54) is 6.42 Å². The molecule has 0 bridgehead atoms. The van der Waals surface area contributed by atoms with E-state index in [2.05, 4.69) is 12.2 Å². The molecule has 6 nitrogen and oxygen atoms in total. The molecule has 1 heterocycles. The summed E-state index contributed by atoms with van der Waals surface area (Å²) < 4.78 is 5.07. The molecule has 0 aliphatic heterocycles. The van der Waals surface area contributed by atoms with Crippen molar-refractivity contribution in [3.63, 3.8) is 0 Å². The Balaban J connectivity index is 2.14. The number of fused-ring (bicyclic) bond motifs is 1. The smallest absolute Gasteiger partial charge is 0.417 e. The molecule has 1 saturated carbocycles. The number of nitrogens with one attached hydrogen (secondary N) is 1. The van der Waals surface area contributed by atoms with Gasteiger partial charge in [0.05, 0.1) is 4.92 Å². The fraction of sp³-hybridized carbons (Fsp3) is 0.438. The minimum Gasteiger partial charge on any atom is -0.418 e. The number of hydrogen-bond donors (Lipinski definition) is 1. The van der Waals surface area contributed by atoms with Crippen molar-refractivity contribution in [1.82, 2.24) is 0 Å². The molecule has 2 aromatic rings. The number of nitro groups is 1. The molecule has 6 heteroatoms. The van der Waals surface area contributed by atoms with Gasteiger partial charge in [-0.05, 0) is 30.9 Å². The summed E-state index contributed by atoms with van der Waals surface area (Å²) >= 11 is 0. The molecule has 1 aromatic carbocycles. The second-order valence-electron chi connectivity index (χ2n) is 5.88. The van der Waals surface area contributed by atoms with E-state index in [-0.39, 0.29) is 11.7 Å². The maximum absolute atomic E-state index is 12.0. The van der Waals surface area contributed by atoms with Crippen LogP contribution in [-0.4, -0.2) is 11.0 Å². The minimum absolute atomic E-state index is 0.137. The highest BCUT2D eigenvalue weighted by Gasteiger charge is 2.29. The van der Waals surface area contributed by atoms with Crippen molar-refractivity contribution in [2.75, 3.05) is 5.32 Å². The van der Waals surface area contributed by atoms with Crippen molar-refractivity contribution in [3.8, 4) is 0 Å². The fourth-order valence-corrected chi connectivity index (χ4v) is 3.17. The molecule has 22 heavy (non-hydrogen) atoms. The van der Waals surface area contributed by atoms with Gasteiger partial charge in [0.2, 0.25) is 0 Å². The normalized spacial score (nSPS) is 21.7. The van der Waals surface area contributed by atoms with Crippen LogP contribution in [0.3, 0.4) is 0 Å². The van der Waals surface area contributed by atoms with E-state index >= 15 is 0 Å². The standard InChI is InChI=1S/C16H18N2O4/c1-10-6-2-4-8-12(10)17-14-11-7-3-5-9-13(11)22-16(19)15(14)18(20)21/h3,5,7,9-10,12,17H,2,4,6,8H2,1H3. The highest BCUT2D eigenvalue weighted by molar-refractivity contribution is 5.94. The topological polar surface area (TPSA) is 85.4 Å². The summed E-state index contributed by atoms with van der Waals surface area (Å²) in [6.07, 6.45) is 4.31. The Morgan fingerprint density at radius 2 is 2.00 bits per heavy atom. The number of para-hydroxylation sites is 1. The third-order valence-electron chi connectivity index (χ3n) is 4.41. The summed E-state index contributed by atoms with van der Waals surface area (Å²) in [6.45, 7) is 2.14. The first kappa shape index (κ1) is 14.6. The van der Waals surface area contributed by atoms with E-state index in [1.54, 1.807) is 24.3 Å². The van der Waals surface area contributed by atoms with Gasteiger partial charge in [-0.25, -0.2) is 4.79 Å². The van der Waals surface area contributed by atoms with Crippen molar-refractivity contribution in [2.24, 2.45) is 5.92 Å². The van der Waals surface area contributed by atoms with Gasteiger partial charge in [0, 0.05) is 11.4 Å². The zero-order chi connectivity index (χ0) is 15.7. The van der Waals surface area contributed by atoms with Crippen molar-refractivity contribution in [3.05, 3.63) is 44.8 Å². The number of rotatable bonds is 3. The van der Waals surface area contributed by atoms with Crippen LogP contribution in [0.1, 0.15) is 32.6 Å². The van der Waals surface area contributed by atoms with Crippen molar-refractivity contribution in [1.29, 1.82) is 0 Å². The maximum atomic E-state index is 12.0. The molecule has 1 aliphatic rings. The molecule has 1 aliphatic carbocycles. The van der Waals surface area contributed by atoms with Crippen molar-refractivity contribution < 1.29 is 9.34 Å². The van der Waals surface area contributed by atoms with Crippen LogP contribution in [0.4, 0.5) is 11.4 Å². The molecule has 0 spiro atoms. The summed E-state index contributed by atoms with van der Waals surface area (Å²) in [4.78, 5) is 22.6. The van der Waals surface area contributed by atoms with E-state index in [1.807, 2.05) is 0 Å². The Kier molecular flexibility index (Phi) is 3.83. The second-order valence-corrected chi connectivity index (χ2v) is 5.88. The van der Waals surface area contributed by atoms with Crippen LogP contribution in [-0.2, 0) is 0 Å². The molecular weight excluding hydrogens is 284 g/mol. The van der Waals surface area contributed by atoms with Crippen LogP contribution in [0.5, 0.6) is 0 Å². The van der Waals surface area contributed by atoms with Crippen LogP contribution in [0.25, 0.3) is 11.0 Å². The zero-order valence-electron chi connectivity index (χ0n) is 12.4. The molecule has 0 radical (unpaired) electrons. The molecule has 0 amide bonds. The van der Waals surface area contributed by atoms with Gasteiger partial charge in [-0.3, -0.25) is 10.1 Å². The van der Waals surface area contributed by atoms with Gasteiger partial charge in [0.25, 0.3) is 0 Å². The van der Waals surface area contributed by atoms with Crippen LogP contribution in [0, 0.1) is 16.0 Å². The largest absolute Gasteiger partial charge is 0.418 e. The van der Waals surface area contributed by atoms with E-state index in [0.29, 0.717) is 16.9 Å². The molecule has 116 valence electrons. The molecule has 1 fully saturated rings. The lowest BCUT2D eigenvalue weighted by atomic mass is 9.85. The van der Waals surface area contributed by atoms with Gasteiger partial charge in [-0.1, -0.05) is 31.9 Å². The van der Waals surface area contributed by atoms with E-state index in [9.17, 15) is 14.9 Å². The van der Waals surface area contributed by atoms with Gasteiger partial charge >= 0.3 is 11.3 Å². The molecule has 2 unspecified atom stereocenters. The summed E-state index contributed by atoms with van der Waals surface area (Å²) in [5, 5.41) is 15.2. The third kappa shape index (κ3) is 2.56. The first-order chi connectivity index (χ1) is 10.6. The van der Waals surface area contributed by atoms with E-state index in [0.717, 1.165) is 19.3 Å². The first-order valence-corrected chi connectivity index (χ1v) is 7.54. The summed E-state index contributed by atoms with van der Waals surface area (Å²) in [5.41, 5.74) is -0.759. The first-order valence-electron chi connectivity index (χ1n) is 7.54. The Hall–Kier alpha value is -2.37.